The van der Waals surface area contributed by atoms with Crippen molar-refractivity contribution in [2.45, 2.75) is 56.7 Å². The van der Waals surface area contributed by atoms with E-state index in [0.29, 0.717) is 21.6 Å². The van der Waals surface area contributed by atoms with Crippen LogP contribution in [0.1, 0.15) is 38.7 Å². The number of benzene rings is 1. The minimum Gasteiger partial charge on any atom is -0.386 e. The van der Waals surface area contributed by atoms with Crippen LogP contribution in [0.15, 0.2) is 47.7 Å². The summed E-state index contributed by atoms with van der Waals surface area (Å²) < 4.78 is 20.6. The van der Waals surface area contributed by atoms with Gasteiger partial charge in [0.2, 0.25) is 0 Å². The molecule has 3 aromatic rings. The Bertz CT molecular complexity index is 1160. The summed E-state index contributed by atoms with van der Waals surface area (Å²) in [6, 6.07) is 8.65. The molecule has 0 radical (unpaired) electrons. The Labute approximate surface area is 177 Å². The molecule has 5 atom stereocenters. The maximum Gasteiger partial charge on any atom is 0.282 e. The molecule has 0 aliphatic carbocycles. The molecule has 158 valence electrons. The number of hydrogen-bond donors (Lipinski definition) is 2. The molecule has 9 heteroatoms. The van der Waals surface area contributed by atoms with Gasteiger partial charge >= 0.3 is 0 Å². The Morgan fingerprint density at radius 3 is 2.70 bits per heavy atom. The van der Waals surface area contributed by atoms with Gasteiger partial charge in [-0.25, -0.2) is 0 Å². The smallest absolute Gasteiger partial charge is 0.282 e. The first kappa shape index (κ1) is 19.7. The number of ether oxygens (including phenoxy) is 3. The van der Waals surface area contributed by atoms with Crippen molar-refractivity contribution in [2.75, 3.05) is 0 Å². The fourth-order valence-corrected chi connectivity index (χ4v) is 4.72. The summed E-state index contributed by atoms with van der Waals surface area (Å²) in [5, 5.41) is 12.2. The lowest BCUT2D eigenvalue weighted by Gasteiger charge is -2.32. The maximum atomic E-state index is 12.1. The largest absolute Gasteiger partial charge is 0.386 e. The van der Waals surface area contributed by atoms with Crippen LogP contribution < -0.4 is 5.56 Å². The van der Waals surface area contributed by atoms with Crippen LogP contribution in [0, 0.1) is 0 Å². The number of hydrogen-bond acceptors (Lipinski definition) is 6. The number of aliphatic hydroxyl groups excluding tert-OH is 1. The molecule has 8 nitrogen and oxygen atoms in total. The topological polar surface area (TPSA) is 98.6 Å². The Balaban J connectivity index is 1.59. The zero-order chi connectivity index (χ0) is 21.3. The van der Waals surface area contributed by atoms with Crippen LogP contribution >= 0.6 is 11.6 Å². The lowest BCUT2D eigenvalue weighted by atomic mass is 9.88. The van der Waals surface area contributed by atoms with Gasteiger partial charge in [-0.2, -0.15) is 4.98 Å². The molecule has 0 saturated carbocycles. The number of rotatable bonds is 3. The summed E-state index contributed by atoms with van der Waals surface area (Å²) in [4.78, 5) is 18.9. The molecule has 0 bridgehead atoms. The summed E-state index contributed by atoms with van der Waals surface area (Å²) >= 11 is 5.99. The Morgan fingerprint density at radius 1 is 1.23 bits per heavy atom. The van der Waals surface area contributed by atoms with Crippen molar-refractivity contribution in [3.63, 3.8) is 0 Å². The number of aromatic amines is 1. The monoisotopic (exact) mass is 431 g/mol. The molecular formula is C21H22ClN3O5. The molecule has 2 aromatic heterocycles. The molecule has 2 N–H and O–H groups in total. The highest BCUT2D eigenvalue weighted by Gasteiger charge is 2.65. The van der Waals surface area contributed by atoms with E-state index >= 15 is 0 Å². The molecule has 4 heterocycles. The van der Waals surface area contributed by atoms with E-state index in [1.54, 1.807) is 41.1 Å². The third-order valence-electron chi connectivity index (χ3n) is 5.85. The van der Waals surface area contributed by atoms with Crippen LogP contribution in [0.3, 0.4) is 0 Å². The second-order valence-electron chi connectivity index (χ2n) is 8.36. The quantitative estimate of drug-likeness (QED) is 0.661. The van der Waals surface area contributed by atoms with Crippen LogP contribution in [-0.2, 0) is 14.2 Å². The average molecular weight is 432 g/mol. The summed E-state index contributed by atoms with van der Waals surface area (Å²) in [6.07, 6.45) is 0.263. The van der Waals surface area contributed by atoms with E-state index in [0.717, 1.165) is 0 Å². The van der Waals surface area contributed by atoms with Crippen molar-refractivity contribution in [3.8, 4) is 0 Å². The zero-order valence-electron chi connectivity index (χ0n) is 16.7. The fraction of sp³-hybridized carbons (Fsp3) is 0.429. The molecule has 5 rings (SSSR count). The lowest BCUT2D eigenvalue weighted by molar-refractivity contribution is -0.223. The predicted octanol–water partition coefficient (Wildman–Crippen LogP) is 2.92. The van der Waals surface area contributed by atoms with Gasteiger partial charge in [0.25, 0.3) is 5.56 Å². The number of nitrogens with zero attached hydrogens (tertiary/aromatic N) is 2. The van der Waals surface area contributed by atoms with Crippen molar-refractivity contribution in [1.29, 1.82) is 0 Å². The van der Waals surface area contributed by atoms with Crippen LogP contribution in [-0.4, -0.2) is 43.2 Å². The van der Waals surface area contributed by atoms with Crippen molar-refractivity contribution >= 4 is 22.6 Å². The van der Waals surface area contributed by atoms with Crippen molar-refractivity contribution in [3.05, 3.63) is 63.8 Å². The van der Waals surface area contributed by atoms with Gasteiger partial charge in [-0.1, -0.05) is 23.7 Å². The van der Waals surface area contributed by atoms with Gasteiger partial charge in [-0.3, -0.25) is 4.79 Å². The molecule has 2 fully saturated rings. The molecule has 0 amide bonds. The van der Waals surface area contributed by atoms with E-state index in [-0.39, 0.29) is 5.56 Å². The molecule has 0 spiro atoms. The van der Waals surface area contributed by atoms with Crippen LogP contribution in [0.2, 0.25) is 5.02 Å². The number of aromatic nitrogens is 3. The number of fused-ring (bicyclic) bond motifs is 2. The first-order chi connectivity index (χ1) is 14.2. The standard InChI is InChI=1S/C21H22ClN3O5/c1-20(2)29-16-19(25-9-8-13-17(25)23-10-24-18(13)27)28-15(21(16,3)30-20)14(26)11-4-6-12(22)7-5-11/h4-10,14-16,19,26H,1-3H3,(H,23,24,27)/t14-,15-,16+,19-,21-/m1/s1. The van der Waals surface area contributed by atoms with E-state index in [1.807, 2.05) is 20.8 Å². The highest BCUT2D eigenvalue weighted by molar-refractivity contribution is 6.30. The highest BCUT2D eigenvalue weighted by Crippen LogP contribution is 2.53. The third kappa shape index (κ3) is 2.91. The molecule has 30 heavy (non-hydrogen) atoms. The maximum absolute atomic E-state index is 12.1. The van der Waals surface area contributed by atoms with Gasteiger partial charge in [0.05, 0.1) is 11.7 Å². The molecule has 1 aromatic carbocycles. The van der Waals surface area contributed by atoms with E-state index in [9.17, 15) is 9.90 Å². The molecule has 2 aliphatic rings. The summed E-state index contributed by atoms with van der Waals surface area (Å²) in [5.41, 5.74) is -0.0348. The van der Waals surface area contributed by atoms with E-state index in [1.165, 1.54) is 6.33 Å². The summed E-state index contributed by atoms with van der Waals surface area (Å²) in [7, 11) is 0. The summed E-state index contributed by atoms with van der Waals surface area (Å²) in [6.45, 7) is 5.55. The van der Waals surface area contributed by atoms with Gasteiger partial charge in [0.15, 0.2) is 12.0 Å². The number of nitrogens with one attached hydrogen (secondary N) is 1. The molecule has 2 aliphatic heterocycles. The van der Waals surface area contributed by atoms with Crippen molar-refractivity contribution < 1.29 is 19.3 Å². The van der Waals surface area contributed by atoms with Gasteiger partial charge in [-0.05, 0) is 44.5 Å². The van der Waals surface area contributed by atoms with Gasteiger partial charge in [0, 0.05) is 11.2 Å². The van der Waals surface area contributed by atoms with E-state index in [4.69, 9.17) is 25.8 Å². The Morgan fingerprint density at radius 2 is 1.97 bits per heavy atom. The Kier molecular flexibility index (Phi) is 4.36. The predicted molar refractivity (Wildman–Crippen MR) is 109 cm³/mol. The van der Waals surface area contributed by atoms with Crippen molar-refractivity contribution in [1.82, 2.24) is 14.5 Å². The molecule has 2 saturated heterocycles. The minimum absolute atomic E-state index is 0.329. The fourth-order valence-electron chi connectivity index (χ4n) is 4.59. The van der Waals surface area contributed by atoms with Crippen LogP contribution in [0.5, 0.6) is 0 Å². The first-order valence-corrected chi connectivity index (χ1v) is 10.1. The third-order valence-corrected chi connectivity index (χ3v) is 6.10. The van der Waals surface area contributed by atoms with Gasteiger partial charge < -0.3 is 28.9 Å². The van der Waals surface area contributed by atoms with Gasteiger partial charge in [0.1, 0.15) is 29.6 Å². The Hall–Kier alpha value is -2.23. The van der Waals surface area contributed by atoms with Gasteiger partial charge in [-0.15, -0.1) is 0 Å². The minimum atomic E-state index is -0.972. The van der Waals surface area contributed by atoms with E-state index in [2.05, 4.69) is 9.97 Å². The second kappa shape index (κ2) is 6.63. The molecule has 0 unspecified atom stereocenters. The normalized spacial score (nSPS) is 31.2. The summed E-state index contributed by atoms with van der Waals surface area (Å²) in [5.74, 6) is -0.864. The van der Waals surface area contributed by atoms with Crippen LogP contribution in [0.25, 0.3) is 11.0 Å². The first-order valence-electron chi connectivity index (χ1n) is 9.71. The van der Waals surface area contributed by atoms with Crippen LogP contribution in [0.4, 0.5) is 0 Å². The number of halogens is 1. The average Bonchev–Trinajstić information content (AvgIpc) is 3.29. The lowest BCUT2D eigenvalue weighted by Crippen LogP contribution is -2.46. The second-order valence-corrected chi connectivity index (χ2v) is 8.80. The highest BCUT2D eigenvalue weighted by atomic mass is 35.5. The zero-order valence-corrected chi connectivity index (χ0v) is 17.5. The van der Waals surface area contributed by atoms with E-state index < -0.39 is 35.9 Å². The number of aliphatic hydroxyl groups is 1. The SMILES string of the molecule is CC1(C)O[C@H]2[C@H](n3ccc4c(=O)nc[nH]c43)O[C@H]([C@H](O)c3ccc(Cl)cc3)[C@@]2(C)O1. The van der Waals surface area contributed by atoms with Crippen molar-refractivity contribution in [2.24, 2.45) is 0 Å². The number of H-pyrrole nitrogens is 1. The molecular weight excluding hydrogens is 410 g/mol.